The van der Waals surface area contributed by atoms with Crippen LogP contribution in [0.1, 0.15) is 5.56 Å². The number of carbonyl (C=O) groups is 1. The number of amides is 1. The highest BCUT2D eigenvalue weighted by molar-refractivity contribution is 7.99. The number of halogens is 1. The van der Waals surface area contributed by atoms with Gasteiger partial charge in [0.25, 0.3) is 0 Å². The van der Waals surface area contributed by atoms with Crippen LogP contribution in [0.2, 0.25) is 0 Å². The molecule has 1 N–H and O–H groups in total. The van der Waals surface area contributed by atoms with Crippen molar-refractivity contribution in [3.05, 3.63) is 72.3 Å². The fraction of sp³-hybridized carbons (Fsp3) is 0.167. The van der Waals surface area contributed by atoms with Gasteiger partial charge < -0.3 is 5.32 Å². The fourth-order valence-corrected chi connectivity index (χ4v) is 3.07. The molecule has 3 rings (SSSR count). The first-order chi connectivity index (χ1) is 12.2. The van der Waals surface area contributed by atoms with E-state index in [0.29, 0.717) is 23.7 Å². The van der Waals surface area contributed by atoms with Gasteiger partial charge in [0, 0.05) is 12.2 Å². The van der Waals surface area contributed by atoms with Crippen molar-refractivity contribution >= 4 is 17.7 Å². The fourth-order valence-electron chi connectivity index (χ4n) is 2.31. The van der Waals surface area contributed by atoms with Crippen LogP contribution in [-0.4, -0.2) is 33.0 Å². The van der Waals surface area contributed by atoms with Crippen LogP contribution in [0, 0.1) is 5.82 Å². The Bertz CT molecular complexity index is 838. The molecule has 5 nitrogen and oxygen atoms in total. The van der Waals surface area contributed by atoms with Gasteiger partial charge in [-0.15, -0.1) is 10.2 Å². The van der Waals surface area contributed by atoms with Crippen LogP contribution in [0.4, 0.5) is 4.39 Å². The largest absolute Gasteiger partial charge is 0.355 e. The van der Waals surface area contributed by atoms with Crippen molar-refractivity contribution in [2.24, 2.45) is 0 Å². The molecule has 0 atom stereocenters. The van der Waals surface area contributed by atoms with Crippen LogP contribution >= 0.6 is 11.8 Å². The monoisotopic (exact) mass is 356 g/mol. The first-order valence-corrected chi connectivity index (χ1v) is 8.81. The molecule has 0 radical (unpaired) electrons. The van der Waals surface area contributed by atoms with Crippen molar-refractivity contribution in [3.63, 3.8) is 0 Å². The maximum Gasteiger partial charge on any atom is 0.230 e. The molecule has 0 unspecified atom stereocenters. The predicted octanol–water partition coefficient (Wildman–Crippen LogP) is 2.86. The number of carbonyl (C=O) groups excluding carboxylic acids is 1. The smallest absolute Gasteiger partial charge is 0.230 e. The summed E-state index contributed by atoms with van der Waals surface area (Å²) in [4.78, 5) is 12.0. The number of hydrogen-bond donors (Lipinski definition) is 1. The Labute approximate surface area is 149 Å². The summed E-state index contributed by atoms with van der Waals surface area (Å²) < 4.78 is 15.3. The van der Waals surface area contributed by atoms with E-state index in [9.17, 15) is 9.18 Å². The lowest BCUT2D eigenvalue weighted by atomic mass is 10.1. The Hall–Kier alpha value is -2.67. The third-order valence-corrected chi connectivity index (χ3v) is 4.50. The quantitative estimate of drug-likeness (QED) is 0.662. The lowest BCUT2D eigenvalue weighted by Gasteiger charge is -2.07. The highest BCUT2D eigenvalue weighted by Gasteiger charge is 2.10. The number of thioether (sulfide) groups is 1. The minimum absolute atomic E-state index is 0.121. The number of rotatable bonds is 7. The van der Waals surface area contributed by atoms with E-state index in [1.165, 1.54) is 17.8 Å². The summed E-state index contributed by atoms with van der Waals surface area (Å²) in [5.74, 6) is -0.144. The van der Waals surface area contributed by atoms with Crippen LogP contribution in [0.15, 0.2) is 66.1 Å². The SMILES string of the molecule is O=C(CSc1nncn1-c1ccccc1)NCCc1ccccc1F. The molecule has 128 valence electrons. The first-order valence-electron chi connectivity index (χ1n) is 7.82. The van der Waals surface area contributed by atoms with Gasteiger partial charge in [0.15, 0.2) is 5.16 Å². The van der Waals surface area contributed by atoms with Gasteiger partial charge in [0.2, 0.25) is 5.91 Å². The maximum atomic E-state index is 13.5. The number of benzene rings is 2. The Morgan fingerprint density at radius 3 is 2.68 bits per heavy atom. The number of hydrogen-bond acceptors (Lipinski definition) is 4. The molecule has 0 spiro atoms. The molecular formula is C18H17FN4OS. The van der Waals surface area contributed by atoms with Gasteiger partial charge in [0.05, 0.1) is 5.75 Å². The summed E-state index contributed by atoms with van der Waals surface area (Å²) in [6.45, 7) is 0.395. The molecule has 1 heterocycles. The van der Waals surface area contributed by atoms with E-state index < -0.39 is 0 Å². The van der Waals surface area contributed by atoms with Crippen molar-refractivity contribution in [2.45, 2.75) is 11.6 Å². The molecular weight excluding hydrogens is 339 g/mol. The Morgan fingerprint density at radius 1 is 1.12 bits per heavy atom. The van der Waals surface area contributed by atoms with Crippen molar-refractivity contribution in [1.82, 2.24) is 20.1 Å². The topological polar surface area (TPSA) is 59.8 Å². The average Bonchev–Trinajstić information content (AvgIpc) is 3.11. The van der Waals surface area contributed by atoms with Crippen LogP contribution in [0.25, 0.3) is 5.69 Å². The Morgan fingerprint density at radius 2 is 1.88 bits per heavy atom. The molecule has 1 amide bonds. The molecule has 0 fully saturated rings. The van der Waals surface area contributed by atoms with E-state index >= 15 is 0 Å². The van der Waals surface area contributed by atoms with Gasteiger partial charge >= 0.3 is 0 Å². The zero-order valence-electron chi connectivity index (χ0n) is 13.4. The third kappa shape index (κ3) is 4.67. The Balaban J connectivity index is 1.49. The number of nitrogens with one attached hydrogen (secondary N) is 1. The summed E-state index contributed by atoms with van der Waals surface area (Å²) in [5, 5.41) is 11.4. The molecule has 0 saturated carbocycles. The molecule has 3 aromatic rings. The zero-order chi connectivity index (χ0) is 17.5. The normalized spacial score (nSPS) is 10.6. The van der Waals surface area contributed by atoms with Gasteiger partial charge in [-0.1, -0.05) is 48.2 Å². The van der Waals surface area contributed by atoms with Crippen molar-refractivity contribution in [2.75, 3.05) is 12.3 Å². The highest BCUT2D eigenvalue weighted by atomic mass is 32.2. The second-order valence-corrected chi connectivity index (χ2v) is 6.24. The van der Waals surface area contributed by atoms with Crippen molar-refractivity contribution in [1.29, 1.82) is 0 Å². The molecule has 7 heteroatoms. The number of nitrogens with zero attached hydrogens (tertiary/aromatic N) is 3. The predicted molar refractivity (Wildman–Crippen MR) is 95.2 cm³/mol. The van der Waals surface area contributed by atoms with Gasteiger partial charge in [-0.25, -0.2) is 4.39 Å². The molecule has 2 aromatic carbocycles. The minimum atomic E-state index is -0.248. The standard InChI is InChI=1S/C18H17FN4OS/c19-16-9-5-4-6-14(16)10-11-20-17(24)12-25-18-22-21-13-23(18)15-7-2-1-3-8-15/h1-9,13H,10-12H2,(H,20,24). The number of para-hydroxylation sites is 1. The van der Waals surface area contributed by atoms with Crippen LogP contribution in [0.3, 0.4) is 0 Å². The second kappa shape index (κ2) is 8.43. The molecule has 25 heavy (non-hydrogen) atoms. The number of aromatic nitrogens is 3. The van der Waals surface area contributed by atoms with Crippen LogP contribution in [0.5, 0.6) is 0 Å². The van der Waals surface area contributed by atoms with Crippen LogP contribution in [-0.2, 0) is 11.2 Å². The highest BCUT2D eigenvalue weighted by Crippen LogP contribution is 2.18. The van der Waals surface area contributed by atoms with E-state index in [0.717, 1.165) is 5.69 Å². The lowest BCUT2D eigenvalue weighted by molar-refractivity contribution is -0.118. The van der Waals surface area contributed by atoms with Gasteiger partial charge in [-0.3, -0.25) is 9.36 Å². The minimum Gasteiger partial charge on any atom is -0.355 e. The van der Waals surface area contributed by atoms with E-state index in [1.54, 1.807) is 24.5 Å². The molecule has 0 aliphatic rings. The lowest BCUT2D eigenvalue weighted by Crippen LogP contribution is -2.27. The van der Waals surface area contributed by atoms with Gasteiger partial charge in [0.1, 0.15) is 12.1 Å². The second-order valence-electron chi connectivity index (χ2n) is 5.30. The van der Waals surface area contributed by atoms with Crippen LogP contribution < -0.4 is 5.32 Å². The van der Waals surface area contributed by atoms with Gasteiger partial charge in [-0.2, -0.15) is 0 Å². The van der Waals surface area contributed by atoms with Gasteiger partial charge in [-0.05, 0) is 30.2 Å². The molecule has 0 saturated heterocycles. The summed E-state index contributed by atoms with van der Waals surface area (Å²) in [7, 11) is 0. The summed E-state index contributed by atoms with van der Waals surface area (Å²) >= 11 is 1.31. The van der Waals surface area contributed by atoms with E-state index in [-0.39, 0.29) is 17.5 Å². The van der Waals surface area contributed by atoms with E-state index in [1.807, 2.05) is 34.9 Å². The first kappa shape index (κ1) is 17.2. The van der Waals surface area contributed by atoms with E-state index in [2.05, 4.69) is 15.5 Å². The van der Waals surface area contributed by atoms with Crippen molar-refractivity contribution in [3.8, 4) is 5.69 Å². The molecule has 1 aromatic heterocycles. The zero-order valence-corrected chi connectivity index (χ0v) is 14.2. The average molecular weight is 356 g/mol. The maximum absolute atomic E-state index is 13.5. The summed E-state index contributed by atoms with van der Waals surface area (Å²) in [6, 6.07) is 16.3. The summed E-state index contributed by atoms with van der Waals surface area (Å²) in [5.41, 5.74) is 1.54. The van der Waals surface area contributed by atoms with Crippen molar-refractivity contribution < 1.29 is 9.18 Å². The molecule has 0 bridgehead atoms. The molecule has 0 aliphatic heterocycles. The summed E-state index contributed by atoms with van der Waals surface area (Å²) in [6.07, 6.45) is 2.08. The van der Waals surface area contributed by atoms with E-state index in [4.69, 9.17) is 0 Å². The third-order valence-electron chi connectivity index (χ3n) is 3.56. The Kier molecular flexibility index (Phi) is 5.79. The molecule has 0 aliphatic carbocycles.